The van der Waals surface area contributed by atoms with Crippen LogP contribution in [-0.2, 0) is 23.1 Å². The molecule has 0 aromatic heterocycles. The maximum absolute atomic E-state index is 12.5. The van der Waals surface area contributed by atoms with Crippen molar-refractivity contribution in [3.63, 3.8) is 0 Å². The van der Waals surface area contributed by atoms with Crippen LogP contribution in [-0.4, -0.2) is 30.8 Å². The number of amides is 1. The smallest absolute Gasteiger partial charge is 0.264 e. The molecule has 0 unspecified atom stereocenters. The van der Waals surface area contributed by atoms with Gasteiger partial charge >= 0.3 is 0 Å². The molecule has 0 spiro atoms. The summed E-state index contributed by atoms with van der Waals surface area (Å²) in [5.74, 6) is 0.125. The van der Waals surface area contributed by atoms with Gasteiger partial charge in [-0.2, -0.15) is 0 Å². The SMILES string of the molecule is CCCCS(=O)(=O)NC(=O)c1ccc2c(c1)CN(Cc1ccc(Cl)cc1Cl)C(C)=N2.Cl. The van der Waals surface area contributed by atoms with Crippen molar-refractivity contribution in [3.05, 3.63) is 63.1 Å². The van der Waals surface area contributed by atoms with E-state index >= 15 is 0 Å². The molecule has 1 heterocycles. The Labute approximate surface area is 199 Å². The fraction of sp³-hybridized carbons (Fsp3) is 0.333. The van der Waals surface area contributed by atoms with Gasteiger partial charge in [-0.15, -0.1) is 12.4 Å². The number of carbonyl (C=O) groups is 1. The Morgan fingerprint density at radius 1 is 1.19 bits per heavy atom. The van der Waals surface area contributed by atoms with E-state index in [9.17, 15) is 13.2 Å². The molecule has 0 radical (unpaired) electrons. The molecule has 10 heteroatoms. The van der Waals surface area contributed by atoms with Crippen LogP contribution < -0.4 is 4.72 Å². The Hall–Kier alpha value is -1.80. The summed E-state index contributed by atoms with van der Waals surface area (Å²) in [5, 5.41) is 1.15. The average Bonchev–Trinajstić information content (AvgIpc) is 2.68. The minimum atomic E-state index is -3.64. The van der Waals surface area contributed by atoms with Crippen LogP contribution in [0, 0.1) is 0 Å². The van der Waals surface area contributed by atoms with Crippen LogP contribution in [0.25, 0.3) is 0 Å². The summed E-state index contributed by atoms with van der Waals surface area (Å²) in [6.07, 6.45) is 1.24. The lowest BCUT2D eigenvalue weighted by molar-refractivity contribution is 0.0981. The topological polar surface area (TPSA) is 78.8 Å². The predicted octanol–water partition coefficient (Wildman–Crippen LogP) is 5.34. The number of sulfonamides is 1. The van der Waals surface area contributed by atoms with Crippen LogP contribution >= 0.6 is 35.6 Å². The molecular weight excluding hydrogens is 481 g/mol. The Bertz CT molecular complexity index is 1100. The molecule has 0 bridgehead atoms. The van der Waals surface area contributed by atoms with Crippen LogP contribution in [0.3, 0.4) is 0 Å². The van der Waals surface area contributed by atoms with E-state index in [0.717, 1.165) is 29.1 Å². The second kappa shape index (κ2) is 10.7. The zero-order valence-corrected chi connectivity index (χ0v) is 20.3. The number of hydrogen-bond acceptors (Lipinski definition) is 5. The molecule has 2 aromatic rings. The Morgan fingerprint density at radius 3 is 2.61 bits per heavy atom. The molecule has 1 amide bonds. The van der Waals surface area contributed by atoms with Gasteiger partial charge in [-0.3, -0.25) is 4.79 Å². The quantitative estimate of drug-likeness (QED) is 0.552. The number of hydrogen-bond donors (Lipinski definition) is 1. The normalized spacial score (nSPS) is 13.2. The molecule has 0 fully saturated rings. The molecule has 1 N–H and O–H groups in total. The second-order valence-corrected chi connectivity index (χ2v) is 9.88. The number of aliphatic imine (C=N–C) groups is 1. The number of nitrogens with one attached hydrogen (secondary N) is 1. The number of carbonyl (C=O) groups excluding carboxylic acids is 1. The molecule has 1 aliphatic heterocycles. The fourth-order valence-corrected chi connectivity index (χ4v) is 4.78. The molecule has 1 aliphatic rings. The van der Waals surface area contributed by atoms with E-state index in [-0.39, 0.29) is 23.7 Å². The van der Waals surface area contributed by atoms with E-state index in [0.29, 0.717) is 29.6 Å². The van der Waals surface area contributed by atoms with E-state index in [1.807, 2.05) is 24.8 Å². The lowest BCUT2D eigenvalue weighted by Gasteiger charge is -2.29. The predicted molar refractivity (Wildman–Crippen MR) is 128 cm³/mol. The van der Waals surface area contributed by atoms with Crippen molar-refractivity contribution in [3.8, 4) is 0 Å². The lowest BCUT2D eigenvalue weighted by atomic mass is 10.1. The van der Waals surface area contributed by atoms with E-state index in [2.05, 4.69) is 9.71 Å². The van der Waals surface area contributed by atoms with Crippen LogP contribution in [0.15, 0.2) is 41.4 Å². The van der Waals surface area contributed by atoms with Gasteiger partial charge < -0.3 is 4.90 Å². The van der Waals surface area contributed by atoms with Crippen LogP contribution in [0.1, 0.15) is 48.2 Å². The van der Waals surface area contributed by atoms with Gasteiger partial charge in [-0.05, 0) is 54.8 Å². The van der Waals surface area contributed by atoms with Gasteiger partial charge in [-0.25, -0.2) is 18.1 Å². The fourth-order valence-electron chi connectivity index (χ4n) is 3.14. The van der Waals surface area contributed by atoms with Crippen molar-refractivity contribution < 1.29 is 13.2 Å². The first-order chi connectivity index (χ1) is 14.2. The van der Waals surface area contributed by atoms with Crippen molar-refractivity contribution >= 4 is 63.1 Å². The number of unbranched alkanes of at least 4 members (excludes halogenated alkanes) is 1. The molecule has 0 saturated carbocycles. The molecular formula is C21H24Cl3N3O3S. The number of fused-ring (bicyclic) bond motifs is 1. The molecule has 2 aromatic carbocycles. The van der Waals surface area contributed by atoms with Gasteiger partial charge in [0, 0.05) is 28.7 Å². The highest BCUT2D eigenvalue weighted by molar-refractivity contribution is 7.90. The highest BCUT2D eigenvalue weighted by Crippen LogP contribution is 2.30. The maximum Gasteiger partial charge on any atom is 0.264 e. The van der Waals surface area contributed by atoms with Crippen molar-refractivity contribution in [1.29, 1.82) is 0 Å². The van der Waals surface area contributed by atoms with E-state index in [1.54, 1.807) is 30.3 Å². The number of amidine groups is 1. The maximum atomic E-state index is 12.5. The molecule has 6 nitrogen and oxygen atoms in total. The molecule has 3 rings (SSSR count). The molecule has 168 valence electrons. The van der Waals surface area contributed by atoms with Crippen molar-refractivity contribution in [1.82, 2.24) is 9.62 Å². The molecule has 0 aliphatic carbocycles. The van der Waals surface area contributed by atoms with Gasteiger partial charge in [0.15, 0.2) is 0 Å². The first-order valence-corrected chi connectivity index (χ1v) is 12.0. The third-order valence-corrected chi connectivity index (χ3v) is 6.74. The van der Waals surface area contributed by atoms with Gasteiger partial charge in [0.25, 0.3) is 5.91 Å². The van der Waals surface area contributed by atoms with E-state index in [1.165, 1.54) is 0 Å². The Kier molecular flexibility index (Phi) is 8.77. The van der Waals surface area contributed by atoms with Gasteiger partial charge in [0.1, 0.15) is 5.84 Å². The second-order valence-electron chi connectivity index (χ2n) is 7.20. The van der Waals surface area contributed by atoms with Crippen LogP contribution in [0.2, 0.25) is 10.0 Å². The minimum Gasteiger partial charge on any atom is -0.351 e. The van der Waals surface area contributed by atoms with Crippen molar-refractivity contribution in [2.75, 3.05) is 5.75 Å². The summed E-state index contributed by atoms with van der Waals surface area (Å²) >= 11 is 12.3. The van der Waals surface area contributed by atoms with Crippen molar-refractivity contribution in [2.45, 2.75) is 39.8 Å². The standard InChI is InChI=1S/C21H23Cl2N3O3S.ClH/c1-3-4-9-30(28,29)25-21(27)15-6-8-20-17(10-15)13-26(14(2)24-20)12-16-5-7-18(22)11-19(16)23;/h5-8,10-11H,3-4,9,12-13H2,1-2H3,(H,25,27);1H. The molecule has 0 atom stereocenters. The van der Waals surface area contributed by atoms with E-state index in [4.69, 9.17) is 23.2 Å². The van der Waals surface area contributed by atoms with Gasteiger partial charge in [-0.1, -0.05) is 42.6 Å². The minimum absolute atomic E-state index is 0. The summed E-state index contributed by atoms with van der Waals surface area (Å²) in [5.41, 5.74) is 2.80. The van der Waals surface area contributed by atoms with E-state index < -0.39 is 15.9 Å². The summed E-state index contributed by atoms with van der Waals surface area (Å²) in [6.45, 7) is 4.86. The van der Waals surface area contributed by atoms with Gasteiger partial charge in [0.2, 0.25) is 10.0 Å². The Morgan fingerprint density at radius 2 is 1.94 bits per heavy atom. The van der Waals surface area contributed by atoms with Gasteiger partial charge in [0.05, 0.1) is 11.4 Å². The number of benzene rings is 2. The lowest BCUT2D eigenvalue weighted by Crippen LogP contribution is -2.33. The zero-order chi connectivity index (χ0) is 21.9. The zero-order valence-electron chi connectivity index (χ0n) is 17.2. The van der Waals surface area contributed by atoms with Crippen LogP contribution in [0.5, 0.6) is 0 Å². The number of nitrogens with zero attached hydrogens (tertiary/aromatic N) is 2. The third kappa shape index (κ3) is 6.59. The summed E-state index contributed by atoms with van der Waals surface area (Å²) in [4.78, 5) is 19.1. The number of rotatable bonds is 7. The number of halogens is 3. The molecule has 0 saturated heterocycles. The largest absolute Gasteiger partial charge is 0.351 e. The summed E-state index contributed by atoms with van der Waals surface area (Å²) in [7, 11) is -3.64. The first kappa shape index (κ1) is 25.5. The summed E-state index contributed by atoms with van der Waals surface area (Å²) in [6, 6.07) is 10.4. The first-order valence-electron chi connectivity index (χ1n) is 9.60. The average molecular weight is 505 g/mol. The van der Waals surface area contributed by atoms with Crippen LogP contribution in [0.4, 0.5) is 5.69 Å². The monoisotopic (exact) mass is 503 g/mol. The summed E-state index contributed by atoms with van der Waals surface area (Å²) < 4.78 is 26.2. The third-order valence-electron chi connectivity index (χ3n) is 4.83. The Balaban J connectivity index is 0.00000341. The highest BCUT2D eigenvalue weighted by Gasteiger charge is 2.21. The highest BCUT2D eigenvalue weighted by atomic mass is 35.5. The molecule has 31 heavy (non-hydrogen) atoms. The van der Waals surface area contributed by atoms with Crippen molar-refractivity contribution in [2.24, 2.45) is 4.99 Å².